The van der Waals surface area contributed by atoms with E-state index in [0.29, 0.717) is 0 Å². The average molecular weight is 370 g/mol. The third-order valence-corrected chi connectivity index (χ3v) is 5.75. The average Bonchev–Trinajstić information content (AvgIpc) is 3.32. The summed E-state index contributed by atoms with van der Waals surface area (Å²) >= 11 is 1.78. The zero-order chi connectivity index (χ0) is 18.1. The van der Waals surface area contributed by atoms with Gasteiger partial charge in [0.15, 0.2) is 11.5 Å². The molecule has 1 aromatic carbocycles. The van der Waals surface area contributed by atoms with E-state index in [9.17, 15) is 0 Å². The molecule has 0 N–H and O–H groups in total. The highest BCUT2D eigenvalue weighted by Crippen LogP contribution is 2.42. The number of thiophene rings is 1. The van der Waals surface area contributed by atoms with Gasteiger partial charge in [-0.3, -0.25) is 4.90 Å². The second-order valence-electron chi connectivity index (χ2n) is 6.47. The van der Waals surface area contributed by atoms with Crippen LogP contribution in [0, 0.1) is 6.92 Å². The lowest BCUT2D eigenvalue weighted by Gasteiger charge is -2.37. The maximum atomic E-state index is 5.56. The van der Waals surface area contributed by atoms with Crippen molar-refractivity contribution in [1.29, 1.82) is 0 Å². The maximum absolute atomic E-state index is 5.56. The summed E-state index contributed by atoms with van der Waals surface area (Å²) in [5, 5.41) is 6.31. The summed E-state index contributed by atoms with van der Waals surface area (Å²) in [6.07, 6.45) is 0.967. The lowest BCUT2D eigenvalue weighted by molar-refractivity contribution is 0.200. The van der Waals surface area contributed by atoms with E-state index in [0.717, 1.165) is 42.5 Å². The van der Waals surface area contributed by atoms with Crippen LogP contribution in [0.3, 0.4) is 0 Å². The SMILES string of the molecule is COc1cc2c(cc1OC)C(c1cccs1)N(Cc1cc(C)on1)CC2. The fourth-order valence-corrected chi connectivity index (χ4v) is 4.53. The maximum Gasteiger partial charge on any atom is 0.161 e. The summed E-state index contributed by atoms with van der Waals surface area (Å²) in [5.41, 5.74) is 3.55. The van der Waals surface area contributed by atoms with Gasteiger partial charge in [0.05, 0.1) is 26.0 Å². The number of rotatable bonds is 5. The van der Waals surface area contributed by atoms with Crippen LogP contribution in [-0.2, 0) is 13.0 Å². The van der Waals surface area contributed by atoms with Gasteiger partial charge in [0.2, 0.25) is 0 Å². The second-order valence-corrected chi connectivity index (χ2v) is 7.45. The first-order valence-electron chi connectivity index (χ1n) is 8.64. The van der Waals surface area contributed by atoms with Gasteiger partial charge >= 0.3 is 0 Å². The van der Waals surface area contributed by atoms with Crippen LogP contribution in [-0.4, -0.2) is 30.8 Å². The van der Waals surface area contributed by atoms with Crippen LogP contribution in [0.4, 0.5) is 0 Å². The Morgan fingerprint density at radius 2 is 2.04 bits per heavy atom. The molecule has 3 heterocycles. The zero-order valence-electron chi connectivity index (χ0n) is 15.2. The van der Waals surface area contributed by atoms with Gasteiger partial charge in [-0.2, -0.15) is 0 Å². The molecule has 0 aliphatic carbocycles. The zero-order valence-corrected chi connectivity index (χ0v) is 16.0. The summed E-state index contributed by atoms with van der Waals surface area (Å²) in [4.78, 5) is 3.77. The number of methoxy groups -OCH3 is 2. The summed E-state index contributed by atoms with van der Waals surface area (Å²) < 4.78 is 16.3. The first-order chi connectivity index (χ1) is 12.7. The van der Waals surface area contributed by atoms with Crippen molar-refractivity contribution in [2.45, 2.75) is 25.9 Å². The number of benzene rings is 1. The molecule has 1 unspecified atom stereocenters. The summed E-state index contributed by atoms with van der Waals surface area (Å²) in [6, 6.07) is 10.7. The van der Waals surface area contributed by atoms with Crippen LogP contribution in [0.1, 0.15) is 33.5 Å². The fraction of sp³-hybridized carbons (Fsp3) is 0.350. The van der Waals surface area contributed by atoms with Crippen molar-refractivity contribution >= 4 is 11.3 Å². The number of aryl methyl sites for hydroxylation is 1. The lowest BCUT2D eigenvalue weighted by atomic mass is 9.90. The molecule has 1 aliphatic heterocycles. The number of fused-ring (bicyclic) bond motifs is 1. The van der Waals surface area contributed by atoms with Gasteiger partial charge in [0, 0.05) is 24.0 Å². The predicted octanol–water partition coefficient (Wildman–Crippen LogP) is 4.21. The molecule has 0 radical (unpaired) electrons. The Hall–Kier alpha value is -2.31. The third-order valence-electron chi connectivity index (χ3n) is 4.83. The minimum absolute atomic E-state index is 0.176. The van der Waals surface area contributed by atoms with Crippen LogP contribution in [0.5, 0.6) is 11.5 Å². The van der Waals surface area contributed by atoms with Gasteiger partial charge in [-0.1, -0.05) is 11.2 Å². The molecule has 26 heavy (non-hydrogen) atoms. The summed E-state index contributed by atoms with van der Waals surface area (Å²) in [6.45, 7) is 3.64. The van der Waals surface area contributed by atoms with Crippen molar-refractivity contribution in [3.8, 4) is 11.5 Å². The minimum Gasteiger partial charge on any atom is -0.493 e. The van der Waals surface area contributed by atoms with Gasteiger partial charge in [0.25, 0.3) is 0 Å². The fourth-order valence-electron chi connectivity index (χ4n) is 3.65. The van der Waals surface area contributed by atoms with E-state index in [1.165, 1.54) is 16.0 Å². The van der Waals surface area contributed by atoms with Crippen LogP contribution in [0.25, 0.3) is 0 Å². The molecule has 0 amide bonds. The van der Waals surface area contributed by atoms with Gasteiger partial charge in [-0.15, -0.1) is 11.3 Å². The van der Waals surface area contributed by atoms with E-state index >= 15 is 0 Å². The van der Waals surface area contributed by atoms with Crippen molar-refractivity contribution < 1.29 is 14.0 Å². The Labute approximate surface area is 157 Å². The first kappa shape index (κ1) is 17.1. The Bertz CT molecular complexity index is 889. The second kappa shape index (κ2) is 7.13. The molecule has 0 spiro atoms. The highest BCUT2D eigenvalue weighted by atomic mass is 32.1. The highest BCUT2D eigenvalue weighted by Gasteiger charge is 2.31. The molecule has 1 aliphatic rings. The lowest BCUT2D eigenvalue weighted by Crippen LogP contribution is -2.35. The third kappa shape index (κ3) is 3.10. The van der Waals surface area contributed by atoms with Gasteiger partial charge in [-0.05, 0) is 48.1 Å². The van der Waals surface area contributed by atoms with E-state index in [4.69, 9.17) is 14.0 Å². The molecule has 5 nitrogen and oxygen atoms in total. The molecule has 4 rings (SSSR count). The van der Waals surface area contributed by atoms with Crippen LogP contribution < -0.4 is 9.47 Å². The smallest absolute Gasteiger partial charge is 0.161 e. The molecular formula is C20H22N2O3S. The number of aromatic nitrogens is 1. The van der Waals surface area contributed by atoms with E-state index in [1.54, 1.807) is 25.6 Å². The highest BCUT2D eigenvalue weighted by molar-refractivity contribution is 7.10. The van der Waals surface area contributed by atoms with Crippen LogP contribution in [0.15, 0.2) is 40.2 Å². The number of ether oxygens (including phenoxy) is 2. The molecule has 0 saturated carbocycles. The predicted molar refractivity (Wildman–Crippen MR) is 101 cm³/mol. The van der Waals surface area contributed by atoms with Crippen molar-refractivity contribution in [2.24, 2.45) is 0 Å². The van der Waals surface area contributed by atoms with Crippen molar-refractivity contribution in [2.75, 3.05) is 20.8 Å². The van der Waals surface area contributed by atoms with E-state index in [-0.39, 0.29) is 6.04 Å². The first-order valence-corrected chi connectivity index (χ1v) is 9.52. The molecule has 136 valence electrons. The molecule has 0 fully saturated rings. The normalized spacial score (nSPS) is 17.1. The molecule has 0 bridgehead atoms. The molecule has 0 saturated heterocycles. The van der Waals surface area contributed by atoms with Gasteiger partial charge < -0.3 is 14.0 Å². The number of nitrogens with zero attached hydrogens (tertiary/aromatic N) is 2. The Morgan fingerprint density at radius 3 is 2.69 bits per heavy atom. The monoisotopic (exact) mass is 370 g/mol. The van der Waals surface area contributed by atoms with Crippen molar-refractivity contribution in [3.05, 3.63) is 63.2 Å². The van der Waals surface area contributed by atoms with Gasteiger partial charge in [0.1, 0.15) is 5.76 Å². The topological polar surface area (TPSA) is 47.7 Å². The Kier molecular flexibility index (Phi) is 4.70. The van der Waals surface area contributed by atoms with E-state index in [2.05, 4.69) is 39.7 Å². The Balaban J connectivity index is 1.76. The van der Waals surface area contributed by atoms with Gasteiger partial charge in [-0.25, -0.2) is 0 Å². The standard InChI is InChI=1S/C20H22N2O3S/c1-13-9-15(21-25-13)12-22-7-6-14-10-17(23-2)18(24-3)11-16(14)20(22)19-5-4-8-26-19/h4-5,8-11,20H,6-7,12H2,1-3H3. The molecule has 6 heteroatoms. The number of hydrogen-bond acceptors (Lipinski definition) is 6. The Morgan fingerprint density at radius 1 is 1.23 bits per heavy atom. The van der Waals surface area contributed by atoms with Crippen molar-refractivity contribution in [3.63, 3.8) is 0 Å². The molecular weight excluding hydrogens is 348 g/mol. The largest absolute Gasteiger partial charge is 0.493 e. The van der Waals surface area contributed by atoms with Crippen molar-refractivity contribution in [1.82, 2.24) is 10.1 Å². The molecule has 1 atom stereocenters. The van der Waals surface area contributed by atoms with E-state index in [1.807, 2.05) is 13.0 Å². The molecule has 2 aromatic heterocycles. The molecule has 3 aromatic rings. The van der Waals surface area contributed by atoms with Crippen LogP contribution >= 0.6 is 11.3 Å². The van der Waals surface area contributed by atoms with Crippen LogP contribution in [0.2, 0.25) is 0 Å². The minimum atomic E-state index is 0.176. The number of hydrogen-bond donors (Lipinski definition) is 0. The summed E-state index contributed by atoms with van der Waals surface area (Å²) in [5.74, 6) is 2.40. The van der Waals surface area contributed by atoms with E-state index < -0.39 is 0 Å². The summed E-state index contributed by atoms with van der Waals surface area (Å²) in [7, 11) is 3.37. The quantitative estimate of drug-likeness (QED) is 0.673.